The van der Waals surface area contributed by atoms with Crippen molar-refractivity contribution in [3.8, 4) is 0 Å². The number of urea groups is 1. The third-order valence-corrected chi connectivity index (χ3v) is 6.32. The molecule has 1 aromatic rings. The molecule has 160 valence electrons. The molecule has 2 fully saturated rings. The van der Waals surface area contributed by atoms with Crippen molar-refractivity contribution in [3.05, 3.63) is 34.9 Å². The Labute approximate surface area is 178 Å². The molecule has 3 amide bonds. The van der Waals surface area contributed by atoms with Gasteiger partial charge >= 0.3 is 6.03 Å². The fraction of sp³-hybridized carbons (Fsp3) is 0.636. The van der Waals surface area contributed by atoms with Gasteiger partial charge in [-0.05, 0) is 37.3 Å². The van der Waals surface area contributed by atoms with Gasteiger partial charge in [0, 0.05) is 49.7 Å². The summed E-state index contributed by atoms with van der Waals surface area (Å²) < 4.78 is 0. The Kier molecular flexibility index (Phi) is 8.62. The van der Waals surface area contributed by atoms with Gasteiger partial charge in [0.05, 0.1) is 0 Å². The second-order valence-electron chi connectivity index (χ2n) is 8.19. The summed E-state index contributed by atoms with van der Waals surface area (Å²) in [7, 11) is 0. The number of nitrogens with one attached hydrogen (secondary N) is 3. The minimum atomic E-state index is -0.0192. The number of carbonyl (C=O) groups excluding carboxylic acids is 2. The van der Waals surface area contributed by atoms with Gasteiger partial charge in [-0.15, -0.1) is 0 Å². The third-order valence-electron chi connectivity index (χ3n) is 5.95. The molecule has 1 aromatic carbocycles. The summed E-state index contributed by atoms with van der Waals surface area (Å²) in [6, 6.07) is 8.10. The molecule has 7 heteroatoms. The summed E-state index contributed by atoms with van der Waals surface area (Å²) in [5.41, 5.74) is 0.931. The first-order valence-corrected chi connectivity index (χ1v) is 11.3. The second-order valence-corrected chi connectivity index (χ2v) is 8.59. The third kappa shape index (κ3) is 7.52. The highest BCUT2D eigenvalue weighted by Crippen LogP contribution is 2.18. The summed E-state index contributed by atoms with van der Waals surface area (Å²) in [6.07, 6.45) is 8.26. The maximum Gasteiger partial charge on any atom is 0.315 e. The number of hydrogen-bond acceptors (Lipinski definition) is 3. The average Bonchev–Trinajstić information content (AvgIpc) is 2.73. The minimum Gasteiger partial charge on any atom is -0.352 e. The molecule has 1 aliphatic heterocycles. The number of halogens is 1. The number of hydrogen-bond donors (Lipinski definition) is 3. The topological polar surface area (TPSA) is 73.5 Å². The molecular weight excluding hydrogens is 388 g/mol. The first-order valence-electron chi connectivity index (χ1n) is 10.9. The van der Waals surface area contributed by atoms with E-state index >= 15 is 0 Å². The highest BCUT2D eigenvalue weighted by molar-refractivity contribution is 6.31. The van der Waals surface area contributed by atoms with Crippen molar-refractivity contribution >= 4 is 23.5 Å². The van der Waals surface area contributed by atoms with Crippen LogP contribution >= 0.6 is 11.6 Å². The molecule has 6 nitrogen and oxygen atoms in total. The van der Waals surface area contributed by atoms with Crippen molar-refractivity contribution < 1.29 is 9.59 Å². The molecule has 29 heavy (non-hydrogen) atoms. The monoisotopic (exact) mass is 420 g/mol. The van der Waals surface area contributed by atoms with E-state index in [2.05, 4.69) is 20.9 Å². The number of carbonyl (C=O) groups is 2. The van der Waals surface area contributed by atoms with Crippen LogP contribution < -0.4 is 16.0 Å². The zero-order valence-corrected chi connectivity index (χ0v) is 17.8. The fourth-order valence-electron chi connectivity index (χ4n) is 4.14. The predicted octanol–water partition coefficient (Wildman–Crippen LogP) is 3.44. The van der Waals surface area contributed by atoms with Crippen LogP contribution in [-0.2, 0) is 11.3 Å². The van der Waals surface area contributed by atoms with E-state index in [-0.39, 0.29) is 18.0 Å². The van der Waals surface area contributed by atoms with Crippen LogP contribution in [0.25, 0.3) is 0 Å². The zero-order valence-electron chi connectivity index (χ0n) is 17.1. The van der Waals surface area contributed by atoms with Crippen molar-refractivity contribution in [1.29, 1.82) is 0 Å². The lowest BCUT2D eigenvalue weighted by Gasteiger charge is -2.32. The number of rotatable bonds is 7. The van der Waals surface area contributed by atoms with Gasteiger partial charge in [0.25, 0.3) is 0 Å². The Bertz CT molecular complexity index is 671. The molecule has 1 saturated heterocycles. The van der Waals surface area contributed by atoms with E-state index in [0.717, 1.165) is 50.9 Å². The van der Waals surface area contributed by atoms with Crippen LogP contribution in [0.1, 0.15) is 56.9 Å². The van der Waals surface area contributed by atoms with Crippen LogP contribution in [0, 0.1) is 0 Å². The van der Waals surface area contributed by atoms with E-state index < -0.39 is 0 Å². The van der Waals surface area contributed by atoms with Crippen molar-refractivity contribution in [1.82, 2.24) is 20.9 Å². The van der Waals surface area contributed by atoms with Gasteiger partial charge in [-0.2, -0.15) is 0 Å². The van der Waals surface area contributed by atoms with E-state index in [1.807, 2.05) is 24.3 Å². The molecule has 0 aromatic heterocycles. The molecule has 0 unspecified atom stereocenters. The van der Waals surface area contributed by atoms with Crippen LogP contribution in [-0.4, -0.2) is 48.6 Å². The Morgan fingerprint density at radius 2 is 1.62 bits per heavy atom. The molecule has 0 bridgehead atoms. The molecule has 0 spiro atoms. The SMILES string of the molecule is O=C(CCN1CCC(NC(=O)NC2CCCCC2)CC1)NCc1ccccc1Cl. The van der Waals surface area contributed by atoms with Crippen LogP contribution in [0.15, 0.2) is 24.3 Å². The molecule has 1 heterocycles. The van der Waals surface area contributed by atoms with Crippen molar-refractivity contribution in [2.24, 2.45) is 0 Å². The van der Waals surface area contributed by atoms with E-state index in [1.165, 1.54) is 19.3 Å². The summed E-state index contributed by atoms with van der Waals surface area (Å²) >= 11 is 6.12. The molecule has 2 aliphatic rings. The Morgan fingerprint density at radius 3 is 2.31 bits per heavy atom. The Hall–Kier alpha value is -1.79. The smallest absolute Gasteiger partial charge is 0.315 e. The lowest BCUT2D eigenvalue weighted by atomic mass is 9.96. The van der Waals surface area contributed by atoms with Crippen LogP contribution in [0.5, 0.6) is 0 Å². The number of amides is 3. The van der Waals surface area contributed by atoms with Gasteiger partial charge in [0.2, 0.25) is 5.91 Å². The molecule has 1 saturated carbocycles. The maximum atomic E-state index is 12.2. The van der Waals surface area contributed by atoms with Crippen LogP contribution in [0.3, 0.4) is 0 Å². The van der Waals surface area contributed by atoms with Crippen molar-refractivity contribution in [2.45, 2.75) is 70.0 Å². The van der Waals surface area contributed by atoms with E-state index in [4.69, 9.17) is 11.6 Å². The van der Waals surface area contributed by atoms with Gasteiger partial charge in [0.15, 0.2) is 0 Å². The zero-order chi connectivity index (χ0) is 20.5. The average molecular weight is 421 g/mol. The van der Waals surface area contributed by atoms with Gasteiger partial charge < -0.3 is 20.9 Å². The first-order chi connectivity index (χ1) is 14.1. The van der Waals surface area contributed by atoms with E-state index in [1.54, 1.807) is 0 Å². The molecule has 3 rings (SSSR count). The predicted molar refractivity (Wildman–Crippen MR) is 116 cm³/mol. The first kappa shape index (κ1) is 21.9. The van der Waals surface area contributed by atoms with Crippen LogP contribution in [0.2, 0.25) is 5.02 Å². The number of benzene rings is 1. The lowest BCUT2D eigenvalue weighted by Crippen LogP contribution is -2.50. The summed E-state index contributed by atoms with van der Waals surface area (Å²) in [5.74, 6) is 0.0389. The number of piperidine rings is 1. The van der Waals surface area contributed by atoms with Gasteiger partial charge in [0.1, 0.15) is 0 Å². The Morgan fingerprint density at radius 1 is 0.966 bits per heavy atom. The summed E-state index contributed by atoms with van der Waals surface area (Å²) in [6.45, 7) is 3.02. The normalized spacial score (nSPS) is 18.9. The van der Waals surface area contributed by atoms with Gasteiger partial charge in [-0.25, -0.2) is 4.79 Å². The highest BCUT2D eigenvalue weighted by atomic mass is 35.5. The second kappa shape index (κ2) is 11.4. The molecule has 3 N–H and O–H groups in total. The standard InChI is InChI=1S/C22H33ClN4O2/c23-20-9-5-4-6-17(20)16-24-21(28)12-15-27-13-10-19(11-14-27)26-22(29)25-18-7-2-1-3-8-18/h4-6,9,18-19H,1-3,7-8,10-16H2,(H,24,28)(H2,25,26,29). The lowest BCUT2D eigenvalue weighted by molar-refractivity contribution is -0.121. The van der Waals surface area contributed by atoms with E-state index in [9.17, 15) is 9.59 Å². The summed E-state index contributed by atoms with van der Waals surface area (Å²) in [4.78, 5) is 26.6. The quantitative estimate of drug-likeness (QED) is 0.632. The van der Waals surface area contributed by atoms with Crippen molar-refractivity contribution in [3.63, 3.8) is 0 Å². The fourth-order valence-corrected chi connectivity index (χ4v) is 4.35. The largest absolute Gasteiger partial charge is 0.352 e. The molecule has 0 atom stereocenters. The molecular formula is C22H33ClN4O2. The number of nitrogens with zero attached hydrogens (tertiary/aromatic N) is 1. The Balaban J connectivity index is 1.28. The van der Waals surface area contributed by atoms with Crippen molar-refractivity contribution in [2.75, 3.05) is 19.6 Å². The summed E-state index contributed by atoms with van der Waals surface area (Å²) in [5, 5.41) is 9.86. The van der Waals surface area contributed by atoms with E-state index in [0.29, 0.717) is 24.0 Å². The van der Waals surface area contributed by atoms with Gasteiger partial charge in [-0.1, -0.05) is 49.1 Å². The highest BCUT2D eigenvalue weighted by Gasteiger charge is 2.22. The minimum absolute atomic E-state index is 0.0192. The number of likely N-dealkylation sites (tertiary alicyclic amines) is 1. The maximum absolute atomic E-state index is 12.2. The molecule has 0 radical (unpaired) electrons. The molecule has 1 aliphatic carbocycles. The van der Waals surface area contributed by atoms with Crippen LogP contribution in [0.4, 0.5) is 4.79 Å². The van der Waals surface area contributed by atoms with Gasteiger partial charge in [-0.3, -0.25) is 4.79 Å².